The van der Waals surface area contributed by atoms with Crippen molar-refractivity contribution < 1.29 is 4.74 Å². The molecule has 0 heterocycles. The molecule has 118 valence electrons. The van der Waals surface area contributed by atoms with Crippen molar-refractivity contribution in [2.45, 2.75) is 40.5 Å². The van der Waals surface area contributed by atoms with Crippen molar-refractivity contribution in [2.24, 2.45) is 5.73 Å². The second-order valence-corrected chi connectivity index (χ2v) is 5.99. The van der Waals surface area contributed by atoms with E-state index in [1.54, 1.807) is 0 Å². The molecule has 0 bridgehead atoms. The molecule has 0 saturated carbocycles. The molecule has 2 nitrogen and oxygen atoms in total. The molecular formula is C20H27NO. The standard InChI is InChI=1S/C20H27NO/c1-14-8-7-9-15(2)19(14)20-16(3)10-11-18(17(20)4)22-13-6-5-12-21/h7-11H,5-6,12-13,21H2,1-4H3. The maximum absolute atomic E-state index is 5.98. The number of ether oxygens (including phenoxy) is 1. The fourth-order valence-electron chi connectivity index (χ4n) is 3.01. The van der Waals surface area contributed by atoms with Crippen molar-refractivity contribution in [3.63, 3.8) is 0 Å². The van der Waals surface area contributed by atoms with E-state index in [0.29, 0.717) is 0 Å². The summed E-state index contributed by atoms with van der Waals surface area (Å²) in [6, 6.07) is 10.7. The van der Waals surface area contributed by atoms with Gasteiger partial charge in [-0.25, -0.2) is 0 Å². The highest BCUT2D eigenvalue weighted by Crippen LogP contribution is 2.36. The van der Waals surface area contributed by atoms with Crippen molar-refractivity contribution in [1.29, 1.82) is 0 Å². The second-order valence-electron chi connectivity index (χ2n) is 5.99. The molecule has 0 aromatic heterocycles. The van der Waals surface area contributed by atoms with Crippen LogP contribution in [0.5, 0.6) is 5.75 Å². The maximum Gasteiger partial charge on any atom is 0.122 e. The molecule has 0 saturated heterocycles. The van der Waals surface area contributed by atoms with E-state index >= 15 is 0 Å². The predicted octanol–water partition coefficient (Wildman–Crippen LogP) is 4.70. The van der Waals surface area contributed by atoms with Gasteiger partial charge in [-0.3, -0.25) is 0 Å². The number of hydrogen-bond donors (Lipinski definition) is 1. The Hall–Kier alpha value is -1.80. The van der Waals surface area contributed by atoms with Crippen LogP contribution in [0.25, 0.3) is 11.1 Å². The van der Waals surface area contributed by atoms with Gasteiger partial charge < -0.3 is 10.5 Å². The smallest absolute Gasteiger partial charge is 0.122 e. The second kappa shape index (κ2) is 7.46. The van der Waals surface area contributed by atoms with Crippen LogP contribution in [0.2, 0.25) is 0 Å². The third-order valence-electron chi connectivity index (χ3n) is 4.21. The van der Waals surface area contributed by atoms with Gasteiger partial charge in [-0.1, -0.05) is 24.3 Å². The van der Waals surface area contributed by atoms with Crippen LogP contribution >= 0.6 is 0 Å². The highest BCUT2D eigenvalue weighted by atomic mass is 16.5. The summed E-state index contributed by atoms with van der Waals surface area (Å²) in [5.74, 6) is 0.986. The molecule has 0 fully saturated rings. The van der Waals surface area contributed by atoms with E-state index in [4.69, 9.17) is 10.5 Å². The number of rotatable bonds is 6. The Kier molecular flexibility index (Phi) is 5.62. The summed E-state index contributed by atoms with van der Waals surface area (Å²) in [7, 11) is 0. The number of unbranched alkanes of at least 4 members (excludes halogenated alkanes) is 1. The van der Waals surface area contributed by atoms with E-state index in [1.165, 1.54) is 33.4 Å². The third kappa shape index (κ3) is 3.50. The minimum Gasteiger partial charge on any atom is -0.493 e. The highest BCUT2D eigenvalue weighted by molar-refractivity contribution is 5.78. The third-order valence-corrected chi connectivity index (χ3v) is 4.21. The molecule has 2 N–H and O–H groups in total. The molecule has 0 unspecified atom stereocenters. The van der Waals surface area contributed by atoms with Crippen molar-refractivity contribution in [2.75, 3.05) is 13.2 Å². The zero-order valence-electron chi connectivity index (χ0n) is 14.2. The monoisotopic (exact) mass is 297 g/mol. The first kappa shape index (κ1) is 16.6. The Labute approximate surface area is 134 Å². The lowest BCUT2D eigenvalue weighted by Crippen LogP contribution is -2.05. The molecule has 0 aliphatic carbocycles. The quantitative estimate of drug-likeness (QED) is 0.784. The first-order chi connectivity index (χ1) is 10.6. The minimum absolute atomic E-state index is 0.726. The molecule has 2 heteroatoms. The zero-order valence-corrected chi connectivity index (χ0v) is 14.2. The van der Waals surface area contributed by atoms with Crippen molar-refractivity contribution in [1.82, 2.24) is 0 Å². The zero-order chi connectivity index (χ0) is 16.1. The highest BCUT2D eigenvalue weighted by Gasteiger charge is 2.14. The lowest BCUT2D eigenvalue weighted by Gasteiger charge is -2.18. The Morgan fingerprint density at radius 3 is 2.09 bits per heavy atom. The van der Waals surface area contributed by atoms with Gasteiger partial charge in [0.2, 0.25) is 0 Å². The SMILES string of the molecule is Cc1cccc(C)c1-c1c(C)ccc(OCCCCN)c1C. The summed E-state index contributed by atoms with van der Waals surface area (Å²) >= 11 is 0. The van der Waals surface area contributed by atoms with Crippen LogP contribution < -0.4 is 10.5 Å². The van der Waals surface area contributed by atoms with Crippen LogP contribution in [-0.2, 0) is 0 Å². The first-order valence-corrected chi connectivity index (χ1v) is 8.06. The topological polar surface area (TPSA) is 35.2 Å². The Balaban J connectivity index is 2.39. The Morgan fingerprint density at radius 1 is 0.818 bits per heavy atom. The van der Waals surface area contributed by atoms with Crippen LogP contribution in [0, 0.1) is 27.7 Å². The van der Waals surface area contributed by atoms with Gasteiger partial charge in [0.05, 0.1) is 6.61 Å². The summed E-state index contributed by atoms with van der Waals surface area (Å²) in [4.78, 5) is 0. The van der Waals surface area contributed by atoms with Crippen LogP contribution in [0.15, 0.2) is 30.3 Å². The average molecular weight is 297 g/mol. The molecule has 0 radical (unpaired) electrons. The number of benzene rings is 2. The molecule has 2 rings (SSSR count). The summed E-state index contributed by atoms with van der Waals surface area (Å²) in [6.07, 6.45) is 2.01. The molecule has 22 heavy (non-hydrogen) atoms. The van der Waals surface area contributed by atoms with Crippen LogP contribution in [0.1, 0.15) is 35.1 Å². The minimum atomic E-state index is 0.726. The lowest BCUT2D eigenvalue weighted by atomic mass is 9.89. The fraction of sp³-hybridized carbons (Fsp3) is 0.400. The molecule has 0 spiro atoms. The summed E-state index contributed by atoms with van der Waals surface area (Å²) in [5, 5.41) is 0. The van der Waals surface area contributed by atoms with Gasteiger partial charge >= 0.3 is 0 Å². The molecular weight excluding hydrogens is 270 g/mol. The van der Waals surface area contributed by atoms with E-state index < -0.39 is 0 Å². The predicted molar refractivity (Wildman–Crippen MR) is 94.6 cm³/mol. The van der Waals surface area contributed by atoms with E-state index in [-0.39, 0.29) is 0 Å². The Bertz CT molecular complexity index is 626. The van der Waals surface area contributed by atoms with Gasteiger partial charge in [-0.15, -0.1) is 0 Å². The number of aryl methyl sites for hydroxylation is 3. The summed E-state index contributed by atoms with van der Waals surface area (Å²) < 4.78 is 5.98. The first-order valence-electron chi connectivity index (χ1n) is 8.06. The van der Waals surface area contributed by atoms with Crippen molar-refractivity contribution >= 4 is 0 Å². The van der Waals surface area contributed by atoms with Gasteiger partial charge in [0.25, 0.3) is 0 Å². The average Bonchev–Trinajstić information content (AvgIpc) is 2.48. The molecule has 0 aliphatic rings. The largest absolute Gasteiger partial charge is 0.493 e. The van der Waals surface area contributed by atoms with Crippen molar-refractivity contribution in [3.8, 4) is 16.9 Å². The molecule has 0 amide bonds. The Morgan fingerprint density at radius 2 is 1.45 bits per heavy atom. The number of hydrogen-bond acceptors (Lipinski definition) is 2. The number of nitrogens with two attached hydrogens (primary N) is 1. The molecule has 0 atom stereocenters. The van der Waals surface area contributed by atoms with Crippen LogP contribution in [-0.4, -0.2) is 13.2 Å². The van der Waals surface area contributed by atoms with E-state index in [2.05, 4.69) is 58.0 Å². The van der Waals surface area contributed by atoms with Gasteiger partial charge in [0.15, 0.2) is 0 Å². The van der Waals surface area contributed by atoms with Crippen LogP contribution in [0.4, 0.5) is 0 Å². The summed E-state index contributed by atoms with van der Waals surface area (Å²) in [6.45, 7) is 10.1. The fourth-order valence-corrected chi connectivity index (χ4v) is 3.01. The maximum atomic E-state index is 5.98. The summed E-state index contributed by atoms with van der Waals surface area (Å²) in [5.41, 5.74) is 13.3. The van der Waals surface area contributed by atoms with E-state index in [9.17, 15) is 0 Å². The molecule has 2 aromatic carbocycles. The normalized spacial score (nSPS) is 10.8. The van der Waals surface area contributed by atoms with E-state index in [1.807, 2.05) is 0 Å². The van der Waals surface area contributed by atoms with Crippen molar-refractivity contribution in [3.05, 3.63) is 52.6 Å². The van der Waals surface area contributed by atoms with Gasteiger partial charge in [-0.05, 0) is 86.5 Å². The molecule has 2 aromatic rings. The van der Waals surface area contributed by atoms with Gasteiger partial charge in [-0.2, -0.15) is 0 Å². The van der Waals surface area contributed by atoms with E-state index in [0.717, 1.165) is 31.7 Å². The molecule has 0 aliphatic heterocycles. The van der Waals surface area contributed by atoms with Gasteiger partial charge in [0, 0.05) is 0 Å². The van der Waals surface area contributed by atoms with Gasteiger partial charge in [0.1, 0.15) is 5.75 Å². The van der Waals surface area contributed by atoms with Crippen LogP contribution in [0.3, 0.4) is 0 Å². The lowest BCUT2D eigenvalue weighted by molar-refractivity contribution is 0.306.